The molecule has 0 aromatic carbocycles. The van der Waals surface area contributed by atoms with Crippen molar-refractivity contribution in [3.63, 3.8) is 0 Å². The van der Waals surface area contributed by atoms with Crippen LogP contribution in [0.5, 0.6) is 0 Å². The van der Waals surface area contributed by atoms with Crippen LogP contribution in [0.2, 0.25) is 0 Å². The molecule has 4 nitrogen and oxygen atoms in total. The van der Waals surface area contributed by atoms with Crippen LogP contribution in [0, 0.1) is 5.92 Å². The Morgan fingerprint density at radius 1 is 0.750 bits per heavy atom. The van der Waals surface area contributed by atoms with Crippen molar-refractivity contribution in [2.45, 2.75) is 103 Å². The van der Waals surface area contributed by atoms with E-state index in [9.17, 15) is 9.90 Å². The summed E-state index contributed by atoms with van der Waals surface area (Å²) in [6.45, 7) is 1.78. The van der Waals surface area contributed by atoms with Gasteiger partial charge < -0.3 is 15.5 Å². The van der Waals surface area contributed by atoms with Crippen molar-refractivity contribution in [1.29, 1.82) is 0 Å². The molecule has 0 saturated heterocycles. The van der Waals surface area contributed by atoms with Gasteiger partial charge in [-0.1, -0.05) is 96.8 Å². The first-order valence-corrected chi connectivity index (χ1v) is 10.3. The minimum absolute atomic E-state index is 0.135. The van der Waals surface area contributed by atoms with E-state index in [4.69, 9.17) is 5.11 Å². The van der Waals surface area contributed by atoms with Crippen molar-refractivity contribution >= 4 is 5.91 Å². The van der Waals surface area contributed by atoms with E-state index >= 15 is 0 Å². The van der Waals surface area contributed by atoms with Gasteiger partial charge in [0.05, 0.1) is 12.5 Å². The first kappa shape index (κ1) is 23.4. The molecule has 0 radical (unpaired) electrons. The molecule has 0 aromatic rings. The summed E-state index contributed by atoms with van der Waals surface area (Å²) in [5.41, 5.74) is 0. The number of carbonyl (C=O) groups excluding carboxylic acids is 1. The van der Waals surface area contributed by atoms with E-state index in [1.807, 2.05) is 0 Å². The number of unbranched alkanes of at least 4 members (excludes halogenated alkanes) is 13. The maximum atomic E-state index is 11.5. The average molecular weight is 344 g/mol. The third-order valence-electron chi connectivity index (χ3n) is 4.75. The van der Waals surface area contributed by atoms with Gasteiger partial charge in [0, 0.05) is 0 Å². The lowest BCUT2D eigenvalue weighted by molar-refractivity contribution is -0.127. The van der Waals surface area contributed by atoms with E-state index in [0.29, 0.717) is 6.42 Å². The largest absolute Gasteiger partial charge is 0.396 e. The quantitative estimate of drug-likeness (QED) is 0.253. The lowest BCUT2D eigenvalue weighted by Gasteiger charge is -2.12. The summed E-state index contributed by atoms with van der Waals surface area (Å²) in [6, 6.07) is 0. The molecule has 0 spiro atoms. The maximum absolute atomic E-state index is 11.5. The zero-order valence-electron chi connectivity index (χ0n) is 15.9. The molecule has 24 heavy (non-hydrogen) atoms. The lowest BCUT2D eigenvalue weighted by Crippen LogP contribution is -2.33. The van der Waals surface area contributed by atoms with Crippen LogP contribution >= 0.6 is 0 Å². The van der Waals surface area contributed by atoms with Crippen LogP contribution < -0.4 is 5.32 Å². The molecule has 144 valence electrons. The van der Waals surface area contributed by atoms with Gasteiger partial charge in [-0.2, -0.15) is 0 Å². The highest BCUT2D eigenvalue weighted by Gasteiger charge is 2.15. The van der Waals surface area contributed by atoms with E-state index < -0.39 is 0 Å². The molecule has 0 saturated carbocycles. The van der Waals surface area contributed by atoms with Crippen LogP contribution in [0.3, 0.4) is 0 Å². The number of rotatable bonds is 18. The van der Waals surface area contributed by atoms with Crippen LogP contribution in [0.1, 0.15) is 103 Å². The minimum Gasteiger partial charge on any atom is -0.396 e. The topological polar surface area (TPSA) is 69.6 Å². The standard InChI is InChI=1S/C20H41NO3/c1-2-3-4-5-6-7-8-9-10-11-12-13-14-15-16-19(17-22)20(24)21-18-23/h19,22-23H,2-18H2,1H3,(H,21,24). The van der Waals surface area contributed by atoms with E-state index in [0.717, 1.165) is 12.8 Å². The van der Waals surface area contributed by atoms with E-state index in [2.05, 4.69) is 12.2 Å². The van der Waals surface area contributed by atoms with Gasteiger partial charge >= 0.3 is 0 Å². The summed E-state index contributed by atoms with van der Waals surface area (Å²) in [5.74, 6) is -0.607. The van der Waals surface area contributed by atoms with Crippen LogP contribution in [0.4, 0.5) is 0 Å². The highest BCUT2D eigenvalue weighted by atomic mass is 16.3. The first-order valence-electron chi connectivity index (χ1n) is 10.3. The van der Waals surface area contributed by atoms with Gasteiger partial charge in [-0.25, -0.2) is 0 Å². The SMILES string of the molecule is CCCCCCCCCCCCCCCCC(CO)C(=O)NCO. The Hall–Kier alpha value is -0.610. The lowest BCUT2D eigenvalue weighted by atomic mass is 9.99. The van der Waals surface area contributed by atoms with Gasteiger partial charge in [0.1, 0.15) is 6.73 Å². The van der Waals surface area contributed by atoms with Gasteiger partial charge in [0.25, 0.3) is 0 Å². The van der Waals surface area contributed by atoms with E-state index in [-0.39, 0.29) is 25.2 Å². The molecule has 0 aliphatic heterocycles. The molecule has 1 amide bonds. The highest BCUT2D eigenvalue weighted by molar-refractivity contribution is 5.78. The molecule has 3 N–H and O–H groups in total. The molecular weight excluding hydrogens is 302 g/mol. The summed E-state index contributed by atoms with van der Waals surface area (Å²) in [4.78, 5) is 11.5. The smallest absolute Gasteiger partial charge is 0.227 e. The van der Waals surface area contributed by atoms with Gasteiger partial charge in [-0.15, -0.1) is 0 Å². The Bertz CT molecular complexity index is 272. The molecule has 0 fully saturated rings. The molecule has 0 rings (SSSR count). The third kappa shape index (κ3) is 14.9. The third-order valence-corrected chi connectivity index (χ3v) is 4.75. The molecule has 4 heteroatoms. The summed E-state index contributed by atoms with van der Waals surface area (Å²) in [5, 5.41) is 20.2. The number of nitrogens with one attached hydrogen (secondary N) is 1. The zero-order chi connectivity index (χ0) is 17.9. The molecule has 0 aliphatic carbocycles. The summed E-state index contributed by atoms with van der Waals surface area (Å²) >= 11 is 0. The summed E-state index contributed by atoms with van der Waals surface area (Å²) in [6.07, 6.45) is 19.1. The number of aliphatic hydroxyl groups excluding tert-OH is 2. The summed E-state index contributed by atoms with van der Waals surface area (Å²) < 4.78 is 0. The van der Waals surface area contributed by atoms with Crippen molar-refractivity contribution in [3.05, 3.63) is 0 Å². The normalized spacial score (nSPS) is 12.3. The van der Waals surface area contributed by atoms with Gasteiger partial charge in [-0.05, 0) is 6.42 Å². The predicted molar refractivity (Wildman–Crippen MR) is 101 cm³/mol. The van der Waals surface area contributed by atoms with Crippen LogP contribution in [-0.2, 0) is 4.79 Å². The Morgan fingerprint density at radius 2 is 1.17 bits per heavy atom. The number of carbonyl (C=O) groups is 1. The van der Waals surface area contributed by atoms with Crippen molar-refractivity contribution in [3.8, 4) is 0 Å². The van der Waals surface area contributed by atoms with Crippen LogP contribution in [0.15, 0.2) is 0 Å². The van der Waals surface area contributed by atoms with Gasteiger partial charge in [0.2, 0.25) is 5.91 Å². The zero-order valence-corrected chi connectivity index (χ0v) is 15.9. The number of amides is 1. The fourth-order valence-corrected chi connectivity index (χ4v) is 3.11. The van der Waals surface area contributed by atoms with E-state index in [1.54, 1.807) is 0 Å². The second-order valence-corrected chi connectivity index (χ2v) is 6.96. The fraction of sp³-hybridized carbons (Fsp3) is 0.950. The Kier molecular flexibility index (Phi) is 18.2. The second kappa shape index (κ2) is 18.7. The van der Waals surface area contributed by atoms with Gasteiger partial charge in [0.15, 0.2) is 0 Å². The average Bonchev–Trinajstić information content (AvgIpc) is 2.58. The van der Waals surface area contributed by atoms with Crippen molar-refractivity contribution in [1.82, 2.24) is 5.32 Å². The minimum atomic E-state index is -0.366. The first-order chi connectivity index (χ1) is 11.8. The van der Waals surface area contributed by atoms with Crippen LogP contribution in [0.25, 0.3) is 0 Å². The number of hydrogen-bond donors (Lipinski definition) is 3. The maximum Gasteiger partial charge on any atom is 0.227 e. The highest BCUT2D eigenvalue weighted by Crippen LogP contribution is 2.15. The fourth-order valence-electron chi connectivity index (χ4n) is 3.11. The Balaban J connectivity index is 3.26. The molecule has 0 aliphatic rings. The van der Waals surface area contributed by atoms with Crippen molar-refractivity contribution in [2.24, 2.45) is 5.92 Å². The monoisotopic (exact) mass is 343 g/mol. The van der Waals surface area contributed by atoms with Crippen molar-refractivity contribution < 1.29 is 15.0 Å². The molecule has 1 atom stereocenters. The Morgan fingerprint density at radius 3 is 1.54 bits per heavy atom. The molecular formula is C20H41NO3. The second-order valence-electron chi connectivity index (χ2n) is 6.96. The van der Waals surface area contributed by atoms with E-state index in [1.165, 1.54) is 77.0 Å². The number of aliphatic hydroxyl groups is 2. The summed E-state index contributed by atoms with van der Waals surface area (Å²) in [7, 11) is 0. The Labute approximate surface area is 149 Å². The number of hydrogen-bond acceptors (Lipinski definition) is 3. The van der Waals surface area contributed by atoms with Gasteiger partial charge in [-0.3, -0.25) is 4.79 Å². The van der Waals surface area contributed by atoms with Crippen LogP contribution in [-0.4, -0.2) is 29.5 Å². The molecule has 0 heterocycles. The molecule has 0 bridgehead atoms. The molecule has 0 aromatic heterocycles. The molecule has 1 unspecified atom stereocenters. The predicted octanol–water partition coefficient (Wildman–Crippen LogP) is 4.53. The van der Waals surface area contributed by atoms with Crippen molar-refractivity contribution in [2.75, 3.05) is 13.3 Å².